The van der Waals surface area contributed by atoms with E-state index in [0.717, 1.165) is 12.8 Å². The third-order valence-electron chi connectivity index (χ3n) is 4.66. The number of aliphatic carboxylic acids is 1. The normalized spacial score (nSPS) is 30.3. The number of likely N-dealkylation sites (tertiary alicyclic amines) is 1. The van der Waals surface area contributed by atoms with Crippen LogP contribution in [0.1, 0.15) is 39.0 Å². The molecule has 3 atom stereocenters. The minimum atomic E-state index is -0.775. The molecule has 2 aliphatic rings. The van der Waals surface area contributed by atoms with Gasteiger partial charge in [-0.25, -0.2) is 0 Å². The second-order valence-corrected chi connectivity index (χ2v) is 5.95. The van der Waals surface area contributed by atoms with Crippen LogP contribution in [-0.4, -0.2) is 46.2 Å². The van der Waals surface area contributed by atoms with Gasteiger partial charge in [0.25, 0.3) is 0 Å². The molecule has 5 heteroatoms. The van der Waals surface area contributed by atoms with Gasteiger partial charge in [-0.1, -0.05) is 0 Å². The highest BCUT2D eigenvalue weighted by Gasteiger charge is 2.37. The number of carboxylic acid groups (broad SMARTS) is 1. The van der Waals surface area contributed by atoms with Gasteiger partial charge in [0.1, 0.15) is 0 Å². The van der Waals surface area contributed by atoms with Gasteiger partial charge < -0.3 is 15.1 Å². The maximum atomic E-state index is 12.3. The lowest BCUT2D eigenvalue weighted by Gasteiger charge is -2.34. The van der Waals surface area contributed by atoms with Crippen molar-refractivity contribution in [1.29, 1.82) is 0 Å². The number of aliphatic hydroxyl groups is 1. The Bertz CT molecular complexity index is 347. The molecule has 1 aliphatic heterocycles. The monoisotopic (exact) mass is 269 g/mol. The molecule has 2 rings (SSSR count). The molecule has 19 heavy (non-hydrogen) atoms. The van der Waals surface area contributed by atoms with Crippen molar-refractivity contribution in [2.45, 2.75) is 45.1 Å². The molecule has 0 spiro atoms. The number of hydrogen-bond acceptors (Lipinski definition) is 3. The number of carboxylic acids is 1. The molecule has 0 radical (unpaired) electrons. The first-order valence-electron chi connectivity index (χ1n) is 7.18. The lowest BCUT2D eigenvalue weighted by atomic mass is 9.91. The van der Waals surface area contributed by atoms with Crippen molar-refractivity contribution >= 4 is 11.9 Å². The Labute approximate surface area is 113 Å². The second-order valence-electron chi connectivity index (χ2n) is 5.95. The minimum absolute atomic E-state index is 0.107. The molecule has 1 amide bonds. The number of piperidine rings is 1. The quantitative estimate of drug-likeness (QED) is 0.804. The number of carbonyl (C=O) groups excluding carboxylic acids is 1. The smallest absolute Gasteiger partial charge is 0.306 e. The van der Waals surface area contributed by atoms with Crippen molar-refractivity contribution in [1.82, 2.24) is 4.90 Å². The molecule has 1 unspecified atom stereocenters. The van der Waals surface area contributed by atoms with Gasteiger partial charge in [-0.05, 0) is 44.9 Å². The van der Waals surface area contributed by atoms with Gasteiger partial charge in [-0.15, -0.1) is 0 Å². The first-order valence-corrected chi connectivity index (χ1v) is 7.18. The van der Waals surface area contributed by atoms with Gasteiger partial charge >= 0.3 is 5.97 Å². The molecule has 2 N–H and O–H groups in total. The molecule has 0 bridgehead atoms. The average molecular weight is 269 g/mol. The predicted molar refractivity (Wildman–Crippen MR) is 69.5 cm³/mol. The molecule has 0 aromatic rings. The molecule has 0 aromatic heterocycles. The number of carbonyl (C=O) groups is 2. The van der Waals surface area contributed by atoms with Gasteiger partial charge in [-0.3, -0.25) is 9.59 Å². The van der Waals surface area contributed by atoms with Crippen LogP contribution >= 0.6 is 0 Å². The molecule has 1 saturated carbocycles. The number of rotatable bonds is 3. The maximum Gasteiger partial charge on any atom is 0.306 e. The van der Waals surface area contributed by atoms with Crippen molar-refractivity contribution < 1.29 is 19.8 Å². The van der Waals surface area contributed by atoms with E-state index in [9.17, 15) is 14.7 Å². The molecule has 1 heterocycles. The summed E-state index contributed by atoms with van der Waals surface area (Å²) in [5, 5.41) is 18.5. The predicted octanol–water partition coefficient (Wildman–Crippen LogP) is 1.11. The summed E-state index contributed by atoms with van der Waals surface area (Å²) in [6.45, 7) is 3.20. The van der Waals surface area contributed by atoms with Crippen molar-refractivity contribution in [3.8, 4) is 0 Å². The molecule has 2 fully saturated rings. The van der Waals surface area contributed by atoms with Crippen LogP contribution in [0.15, 0.2) is 0 Å². The zero-order valence-electron chi connectivity index (χ0n) is 11.4. The third kappa shape index (κ3) is 3.26. The highest BCUT2D eigenvalue weighted by Crippen LogP contribution is 2.33. The van der Waals surface area contributed by atoms with Crippen LogP contribution in [0.25, 0.3) is 0 Å². The van der Waals surface area contributed by atoms with E-state index in [-0.39, 0.29) is 23.8 Å². The number of nitrogens with zero attached hydrogens (tertiary/aromatic N) is 1. The summed E-state index contributed by atoms with van der Waals surface area (Å²) in [6, 6.07) is 0. The summed E-state index contributed by atoms with van der Waals surface area (Å²) >= 11 is 0. The van der Waals surface area contributed by atoms with E-state index in [2.05, 4.69) is 0 Å². The van der Waals surface area contributed by atoms with Crippen molar-refractivity contribution in [2.24, 2.45) is 17.8 Å². The van der Waals surface area contributed by atoms with E-state index in [1.165, 1.54) is 0 Å². The van der Waals surface area contributed by atoms with E-state index < -0.39 is 5.97 Å². The van der Waals surface area contributed by atoms with Crippen LogP contribution in [0.3, 0.4) is 0 Å². The molecule has 0 aromatic carbocycles. The van der Waals surface area contributed by atoms with E-state index >= 15 is 0 Å². The Morgan fingerprint density at radius 1 is 1.11 bits per heavy atom. The Morgan fingerprint density at radius 3 is 2.16 bits per heavy atom. The highest BCUT2D eigenvalue weighted by molar-refractivity contribution is 5.81. The van der Waals surface area contributed by atoms with Crippen LogP contribution < -0.4 is 0 Å². The topological polar surface area (TPSA) is 77.8 Å². The van der Waals surface area contributed by atoms with E-state index in [4.69, 9.17) is 5.11 Å². The summed E-state index contributed by atoms with van der Waals surface area (Å²) in [4.78, 5) is 25.1. The van der Waals surface area contributed by atoms with Crippen LogP contribution in [-0.2, 0) is 9.59 Å². The van der Waals surface area contributed by atoms with E-state index in [1.54, 1.807) is 6.92 Å². The first-order chi connectivity index (χ1) is 8.99. The fourth-order valence-corrected chi connectivity index (χ4v) is 3.29. The Kier molecular flexibility index (Phi) is 4.45. The summed E-state index contributed by atoms with van der Waals surface area (Å²) < 4.78 is 0. The van der Waals surface area contributed by atoms with Crippen LogP contribution in [0, 0.1) is 17.8 Å². The summed E-state index contributed by atoms with van der Waals surface area (Å²) in [6.07, 6.45) is 3.20. The fourth-order valence-electron chi connectivity index (χ4n) is 3.29. The molecule has 108 valence electrons. The molecular weight excluding hydrogens is 246 g/mol. The second kappa shape index (κ2) is 5.90. The highest BCUT2D eigenvalue weighted by atomic mass is 16.4. The van der Waals surface area contributed by atoms with E-state index in [1.807, 2.05) is 4.90 Å². The van der Waals surface area contributed by atoms with Crippen LogP contribution in [0.4, 0.5) is 0 Å². The fraction of sp³-hybridized carbons (Fsp3) is 0.857. The zero-order valence-corrected chi connectivity index (χ0v) is 11.4. The van der Waals surface area contributed by atoms with Crippen molar-refractivity contribution in [2.75, 3.05) is 13.1 Å². The van der Waals surface area contributed by atoms with Gasteiger partial charge in [-0.2, -0.15) is 0 Å². The van der Waals surface area contributed by atoms with Crippen molar-refractivity contribution in [3.63, 3.8) is 0 Å². The van der Waals surface area contributed by atoms with Crippen molar-refractivity contribution in [3.05, 3.63) is 0 Å². The summed E-state index contributed by atoms with van der Waals surface area (Å²) in [7, 11) is 0. The van der Waals surface area contributed by atoms with Crippen LogP contribution in [0.5, 0.6) is 0 Å². The Morgan fingerprint density at radius 2 is 1.68 bits per heavy atom. The van der Waals surface area contributed by atoms with E-state index in [0.29, 0.717) is 38.3 Å². The Balaban J connectivity index is 1.83. The molecular formula is C14H23NO4. The largest absolute Gasteiger partial charge is 0.481 e. The number of hydrogen-bond donors (Lipinski definition) is 2. The Hall–Kier alpha value is -1.10. The standard InChI is InChI=1S/C14H23NO4/c1-9(16)10-4-6-15(7-5-10)13(17)11-2-3-12(8-11)14(18)19/h9-12,16H,2-8H2,1H3,(H,18,19)/t9?,11-,12+/m1/s1. The molecule has 1 aliphatic carbocycles. The van der Waals surface area contributed by atoms with Gasteiger partial charge in [0.05, 0.1) is 12.0 Å². The lowest BCUT2D eigenvalue weighted by Crippen LogP contribution is -2.43. The maximum absolute atomic E-state index is 12.3. The van der Waals surface area contributed by atoms with Gasteiger partial charge in [0.15, 0.2) is 0 Å². The van der Waals surface area contributed by atoms with Gasteiger partial charge in [0, 0.05) is 19.0 Å². The van der Waals surface area contributed by atoms with Gasteiger partial charge in [0.2, 0.25) is 5.91 Å². The lowest BCUT2D eigenvalue weighted by molar-refractivity contribution is -0.142. The molecule has 5 nitrogen and oxygen atoms in total. The number of aliphatic hydroxyl groups excluding tert-OH is 1. The zero-order chi connectivity index (χ0) is 14.0. The summed E-state index contributed by atoms with van der Waals surface area (Å²) in [5.74, 6) is -0.816. The third-order valence-corrected chi connectivity index (χ3v) is 4.66. The SMILES string of the molecule is CC(O)C1CCN(C(=O)[C@@H]2CC[C@H](C(=O)O)C2)CC1. The average Bonchev–Trinajstić information content (AvgIpc) is 2.87. The first kappa shape index (κ1) is 14.3. The molecule has 1 saturated heterocycles. The van der Waals surface area contributed by atoms with Crippen LogP contribution in [0.2, 0.25) is 0 Å². The minimum Gasteiger partial charge on any atom is -0.481 e. The summed E-state index contributed by atoms with van der Waals surface area (Å²) in [5.41, 5.74) is 0. The number of amides is 1.